The van der Waals surface area contributed by atoms with Crippen molar-refractivity contribution in [1.82, 2.24) is 28.9 Å². The van der Waals surface area contributed by atoms with Crippen molar-refractivity contribution in [1.29, 1.82) is 0 Å². The predicted octanol–water partition coefficient (Wildman–Crippen LogP) is 1.69. The first-order valence-corrected chi connectivity index (χ1v) is 10.3. The number of imidazole rings is 1. The van der Waals surface area contributed by atoms with Gasteiger partial charge in [-0.05, 0) is 37.3 Å². The minimum absolute atomic E-state index is 0.0594. The third kappa shape index (κ3) is 3.36. The summed E-state index contributed by atoms with van der Waals surface area (Å²) in [5, 5.41) is 8.21. The van der Waals surface area contributed by atoms with Crippen molar-refractivity contribution in [2.75, 3.05) is 0 Å². The molecule has 0 aliphatic heterocycles. The number of hydrogen-bond donors (Lipinski definition) is 1. The highest BCUT2D eigenvalue weighted by Crippen LogP contribution is 2.31. The van der Waals surface area contributed by atoms with Gasteiger partial charge in [-0.1, -0.05) is 13.0 Å². The number of fused-ring (bicyclic) bond motifs is 1. The van der Waals surface area contributed by atoms with E-state index in [9.17, 15) is 8.42 Å². The first-order valence-electron chi connectivity index (χ1n) is 8.82. The smallest absolute Gasteiger partial charge is 0.260 e. The Labute approximate surface area is 152 Å². The van der Waals surface area contributed by atoms with Crippen LogP contribution >= 0.6 is 0 Å². The Balaban J connectivity index is 1.55. The van der Waals surface area contributed by atoms with Gasteiger partial charge in [0.05, 0.1) is 6.54 Å². The zero-order valence-corrected chi connectivity index (χ0v) is 15.7. The number of rotatable bonds is 7. The minimum Gasteiger partial charge on any atom is -0.333 e. The summed E-state index contributed by atoms with van der Waals surface area (Å²) in [5.74, 6) is 2.00. The maximum atomic E-state index is 12.7. The van der Waals surface area contributed by atoms with Crippen molar-refractivity contribution in [2.45, 2.75) is 51.2 Å². The van der Waals surface area contributed by atoms with Gasteiger partial charge in [-0.3, -0.25) is 4.40 Å². The lowest BCUT2D eigenvalue weighted by Gasteiger charge is -2.04. The first-order chi connectivity index (χ1) is 12.5. The van der Waals surface area contributed by atoms with Crippen LogP contribution in [0.1, 0.15) is 37.0 Å². The van der Waals surface area contributed by atoms with Gasteiger partial charge in [0.15, 0.2) is 16.5 Å². The van der Waals surface area contributed by atoms with Gasteiger partial charge >= 0.3 is 0 Å². The third-order valence-corrected chi connectivity index (χ3v) is 5.89. The summed E-state index contributed by atoms with van der Waals surface area (Å²) in [4.78, 5) is 4.33. The molecule has 9 heteroatoms. The number of aromatic nitrogens is 5. The molecule has 1 aliphatic rings. The zero-order chi connectivity index (χ0) is 18.3. The molecule has 1 fully saturated rings. The van der Waals surface area contributed by atoms with Crippen molar-refractivity contribution >= 4 is 15.7 Å². The second kappa shape index (κ2) is 6.48. The van der Waals surface area contributed by atoms with Crippen LogP contribution in [0.5, 0.6) is 0 Å². The molecule has 3 aromatic heterocycles. The highest BCUT2D eigenvalue weighted by molar-refractivity contribution is 7.89. The highest BCUT2D eigenvalue weighted by Gasteiger charge is 2.25. The largest absolute Gasteiger partial charge is 0.333 e. The topological polar surface area (TPSA) is 94.2 Å². The summed E-state index contributed by atoms with van der Waals surface area (Å²) in [7, 11) is -3.71. The second-order valence-electron chi connectivity index (χ2n) is 6.82. The van der Waals surface area contributed by atoms with Crippen molar-refractivity contribution in [2.24, 2.45) is 5.92 Å². The van der Waals surface area contributed by atoms with Gasteiger partial charge in [0.1, 0.15) is 5.82 Å². The van der Waals surface area contributed by atoms with Crippen LogP contribution in [-0.2, 0) is 29.5 Å². The molecule has 8 nitrogen and oxygen atoms in total. The van der Waals surface area contributed by atoms with Crippen molar-refractivity contribution in [3.8, 4) is 0 Å². The van der Waals surface area contributed by atoms with Gasteiger partial charge in [-0.25, -0.2) is 18.1 Å². The molecular weight excluding hydrogens is 352 g/mol. The molecule has 0 atom stereocenters. The number of sulfonamides is 1. The molecule has 1 N–H and O–H groups in total. The number of hydrogen-bond acceptors (Lipinski definition) is 5. The van der Waals surface area contributed by atoms with E-state index in [4.69, 9.17) is 0 Å². The Morgan fingerprint density at radius 3 is 2.73 bits per heavy atom. The van der Waals surface area contributed by atoms with Crippen LogP contribution in [0.2, 0.25) is 0 Å². The average Bonchev–Trinajstić information content (AvgIpc) is 3.18. The molecule has 26 heavy (non-hydrogen) atoms. The number of nitrogens with zero attached hydrogens (tertiary/aromatic N) is 5. The minimum atomic E-state index is -3.71. The lowest BCUT2D eigenvalue weighted by Crippen LogP contribution is -2.24. The number of pyridine rings is 1. The molecule has 3 heterocycles. The molecule has 0 spiro atoms. The lowest BCUT2D eigenvalue weighted by atomic mass is 10.3. The van der Waals surface area contributed by atoms with Crippen LogP contribution in [0.3, 0.4) is 0 Å². The molecule has 0 saturated heterocycles. The van der Waals surface area contributed by atoms with Crippen LogP contribution in [0.4, 0.5) is 0 Å². The van der Waals surface area contributed by atoms with E-state index in [-0.39, 0.29) is 11.6 Å². The zero-order valence-electron chi connectivity index (χ0n) is 14.9. The van der Waals surface area contributed by atoms with E-state index in [0.29, 0.717) is 23.8 Å². The summed E-state index contributed by atoms with van der Waals surface area (Å²) in [5.41, 5.74) is 1.74. The normalized spacial score (nSPS) is 15.0. The molecule has 3 aromatic rings. The standard InChI is InChI=1S/C17H22N6O2S/c1-3-14-19-17(11-22(14)10-13-5-6-13)26(24,25)18-8-16-21-20-15-7-4-12(2)9-23(15)16/h4,7,9,11,13,18H,3,5-6,8,10H2,1-2H3. The van der Waals surface area contributed by atoms with Crippen LogP contribution in [0.15, 0.2) is 29.6 Å². The SMILES string of the molecule is CCc1nc(S(=O)(=O)NCc2nnc3ccc(C)cn23)cn1CC1CC1. The Kier molecular flexibility index (Phi) is 4.28. The van der Waals surface area contributed by atoms with Crippen LogP contribution in [0.25, 0.3) is 5.65 Å². The summed E-state index contributed by atoms with van der Waals surface area (Å²) in [6.45, 7) is 4.86. The van der Waals surface area contributed by atoms with Gasteiger partial charge in [-0.15, -0.1) is 10.2 Å². The fraction of sp³-hybridized carbons (Fsp3) is 0.471. The van der Waals surface area contributed by atoms with E-state index in [0.717, 1.165) is 17.9 Å². The Hall–Kier alpha value is -2.26. The first kappa shape index (κ1) is 17.2. The van der Waals surface area contributed by atoms with Gasteiger partial charge < -0.3 is 4.57 Å². The van der Waals surface area contributed by atoms with Crippen LogP contribution < -0.4 is 4.72 Å². The van der Waals surface area contributed by atoms with Crippen molar-refractivity contribution < 1.29 is 8.42 Å². The van der Waals surface area contributed by atoms with E-state index in [1.807, 2.05) is 36.7 Å². The fourth-order valence-electron chi connectivity index (χ4n) is 2.97. The molecule has 0 aromatic carbocycles. The number of aryl methyl sites for hydroxylation is 2. The van der Waals surface area contributed by atoms with Gasteiger partial charge in [0, 0.05) is 25.4 Å². The van der Waals surface area contributed by atoms with Gasteiger partial charge in [0.25, 0.3) is 10.0 Å². The lowest BCUT2D eigenvalue weighted by molar-refractivity contribution is 0.574. The van der Waals surface area contributed by atoms with E-state index in [2.05, 4.69) is 19.9 Å². The fourth-order valence-corrected chi connectivity index (χ4v) is 3.93. The summed E-state index contributed by atoms with van der Waals surface area (Å²) < 4.78 is 31.7. The molecular formula is C17H22N6O2S. The van der Waals surface area contributed by atoms with E-state index >= 15 is 0 Å². The average molecular weight is 374 g/mol. The van der Waals surface area contributed by atoms with E-state index < -0.39 is 10.0 Å². The molecule has 0 bridgehead atoms. The monoisotopic (exact) mass is 374 g/mol. The second-order valence-corrected chi connectivity index (χ2v) is 8.53. The quantitative estimate of drug-likeness (QED) is 0.679. The maximum absolute atomic E-state index is 12.7. The van der Waals surface area contributed by atoms with Crippen molar-refractivity contribution in [3.63, 3.8) is 0 Å². The van der Waals surface area contributed by atoms with Crippen LogP contribution in [-0.4, -0.2) is 32.6 Å². The Morgan fingerprint density at radius 2 is 2.00 bits per heavy atom. The summed E-state index contributed by atoms with van der Waals surface area (Å²) in [6, 6.07) is 3.80. The molecule has 1 aliphatic carbocycles. The third-order valence-electron chi connectivity index (χ3n) is 4.62. The van der Waals surface area contributed by atoms with E-state index in [1.54, 1.807) is 10.6 Å². The van der Waals surface area contributed by atoms with E-state index in [1.165, 1.54) is 12.8 Å². The highest BCUT2D eigenvalue weighted by atomic mass is 32.2. The Morgan fingerprint density at radius 1 is 1.19 bits per heavy atom. The summed E-state index contributed by atoms with van der Waals surface area (Å²) in [6.07, 6.45) is 6.66. The molecule has 138 valence electrons. The molecule has 4 rings (SSSR count). The molecule has 1 saturated carbocycles. The van der Waals surface area contributed by atoms with Gasteiger partial charge in [0.2, 0.25) is 0 Å². The predicted molar refractivity (Wildman–Crippen MR) is 96.1 cm³/mol. The molecule has 0 amide bonds. The number of nitrogens with one attached hydrogen (secondary N) is 1. The molecule has 0 radical (unpaired) electrons. The van der Waals surface area contributed by atoms with Crippen molar-refractivity contribution in [3.05, 3.63) is 41.7 Å². The Bertz CT molecular complexity index is 1050. The maximum Gasteiger partial charge on any atom is 0.260 e. The summed E-state index contributed by atoms with van der Waals surface area (Å²) >= 11 is 0. The van der Waals surface area contributed by atoms with Gasteiger partial charge in [-0.2, -0.15) is 0 Å². The van der Waals surface area contributed by atoms with Crippen LogP contribution in [0, 0.1) is 12.8 Å². The molecule has 0 unspecified atom stereocenters.